The summed E-state index contributed by atoms with van der Waals surface area (Å²) in [7, 11) is 0. The first kappa shape index (κ1) is 17.3. The molecule has 0 saturated heterocycles. The fourth-order valence-corrected chi connectivity index (χ4v) is 2.50. The number of ether oxygens (including phenoxy) is 1. The van der Waals surface area contributed by atoms with Crippen molar-refractivity contribution >= 4 is 39.6 Å². The van der Waals surface area contributed by atoms with E-state index >= 15 is 0 Å². The Kier molecular flexibility index (Phi) is 6.01. The summed E-state index contributed by atoms with van der Waals surface area (Å²) in [6.45, 7) is 0.0469. The quantitative estimate of drug-likeness (QED) is 0.793. The van der Waals surface area contributed by atoms with Crippen molar-refractivity contribution in [2.24, 2.45) is 0 Å². The van der Waals surface area contributed by atoms with E-state index < -0.39 is 18.1 Å². The molecule has 2 aromatic carbocycles. The molecule has 0 fully saturated rings. The second-order valence-corrected chi connectivity index (χ2v) is 5.97. The molecule has 0 heterocycles. The third-order valence-electron chi connectivity index (χ3n) is 2.99. The number of halogens is 2. The molecule has 0 aliphatic heterocycles. The van der Waals surface area contributed by atoms with Crippen LogP contribution in [0.3, 0.4) is 0 Å². The van der Waals surface area contributed by atoms with Crippen LogP contribution < -0.4 is 5.32 Å². The Balaban J connectivity index is 2.06. The number of aliphatic carboxylic acids is 1. The fourth-order valence-electron chi connectivity index (χ4n) is 1.89. The number of nitrogens with one attached hydrogen (secondary N) is 1. The van der Waals surface area contributed by atoms with Crippen LogP contribution in [0.4, 0.5) is 4.79 Å². The Morgan fingerprint density at radius 3 is 2.57 bits per heavy atom. The molecule has 0 spiro atoms. The van der Waals surface area contributed by atoms with E-state index in [1.54, 1.807) is 30.3 Å². The molecule has 1 atom stereocenters. The summed E-state index contributed by atoms with van der Waals surface area (Å²) >= 11 is 9.26. The summed E-state index contributed by atoms with van der Waals surface area (Å²) in [5.41, 5.74) is 1.07. The zero-order valence-electron chi connectivity index (χ0n) is 11.8. The number of rotatable bonds is 5. The molecule has 0 bridgehead atoms. The normalized spacial score (nSPS) is 11.6. The highest BCUT2D eigenvalue weighted by Gasteiger charge is 2.25. The Bertz CT molecular complexity index is 708. The molecule has 7 heteroatoms. The van der Waals surface area contributed by atoms with E-state index in [1.165, 1.54) is 0 Å². The molecule has 1 unspecified atom stereocenters. The number of hydrogen-bond acceptors (Lipinski definition) is 3. The molecule has 2 aromatic rings. The molecular formula is C16H13BrClNO4. The van der Waals surface area contributed by atoms with Crippen molar-refractivity contribution < 1.29 is 19.4 Å². The van der Waals surface area contributed by atoms with Crippen LogP contribution >= 0.6 is 27.5 Å². The number of carbonyl (C=O) groups excluding carboxylic acids is 1. The van der Waals surface area contributed by atoms with Gasteiger partial charge in [0, 0.05) is 15.1 Å². The van der Waals surface area contributed by atoms with Gasteiger partial charge in [-0.1, -0.05) is 57.9 Å². The van der Waals surface area contributed by atoms with Gasteiger partial charge in [-0.05, 0) is 23.8 Å². The SMILES string of the molecule is O=C(NC(C(=O)O)c1cc(Br)ccc1Cl)OCc1ccccc1. The average Bonchev–Trinajstić information content (AvgIpc) is 2.54. The summed E-state index contributed by atoms with van der Waals surface area (Å²) in [5, 5.41) is 11.9. The van der Waals surface area contributed by atoms with Gasteiger partial charge < -0.3 is 15.2 Å². The van der Waals surface area contributed by atoms with E-state index in [2.05, 4.69) is 21.2 Å². The lowest BCUT2D eigenvalue weighted by Crippen LogP contribution is -2.34. The highest BCUT2D eigenvalue weighted by molar-refractivity contribution is 9.10. The molecule has 0 saturated carbocycles. The molecule has 2 N–H and O–H groups in total. The van der Waals surface area contributed by atoms with Crippen molar-refractivity contribution in [2.45, 2.75) is 12.6 Å². The lowest BCUT2D eigenvalue weighted by molar-refractivity contribution is -0.139. The summed E-state index contributed by atoms with van der Waals surface area (Å²) < 4.78 is 5.69. The van der Waals surface area contributed by atoms with Gasteiger partial charge in [-0.2, -0.15) is 0 Å². The predicted molar refractivity (Wildman–Crippen MR) is 89.3 cm³/mol. The van der Waals surface area contributed by atoms with Crippen molar-refractivity contribution in [1.82, 2.24) is 5.32 Å². The lowest BCUT2D eigenvalue weighted by Gasteiger charge is -2.16. The molecule has 2 rings (SSSR count). The van der Waals surface area contributed by atoms with Gasteiger partial charge in [0.1, 0.15) is 6.61 Å². The standard InChI is InChI=1S/C16H13BrClNO4/c17-11-6-7-13(18)12(8-11)14(15(20)21)19-16(22)23-9-10-4-2-1-3-5-10/h1-8,14H,9H2,(H,19,22)(H,20,21). The second-order valence-electron chi connectivity index (χ2n) is 4.64. The van der Waals surface area contributed by atoms with Crippen LogP contribution in [0.25, 0.3) is 0 Å². The van der Waals surface area contributed by atoms with E-state index in [9.17, 15) is 14.7 Å². The van der Waals surface area contributed by atoms with Gasteiger partial charge in [0.2, 0.25) is 0 Å². The van der Waals surface area contributed by atoms with Crippen LogP contribution in [0, 0.1) is 0 Å². The van der Waals surface area contributed by atoms with Crippen LogP contribution in [0.2, 0.25) is 5.02 Å². The van der Waals surface area contributed by atoms with Gasteiger partial charge in [-0.25, -0.2) is 9.59 Å². The number of carboxylic acid groups (broad SMARTS) is 1. The Morgan fingerprint density at radius 1 is 1.22 bits per heavy atom. The van der Waals surface area contributed by atoms with Gasteiger partial charge in [0.25, 0.3) is 0 Å². The third-order valence-corrected chi connectivity index (χ3v) is 3.83. The van der Waals surface area contributed by atoms with Gasteiger partial charge >= 0.3 is 12.1 Å². The fraction of sp³-hybridized carbons (Fsp3) is 0.125. The number of alkyl carbamates (subject to hydrolysis) is 1. The van der Waals surface area contributed by atoms with Crippen molar-refractivity contribution in [3.05, 3.63) is 69.2 Å². The number of hydrogen-bond donors (Lipinski definition) is 2. The van der Waals surface area contributed by atoms with Crippen LogP contribution in [0.15, 0.2) is 53.0 Å². The van der Waals surface area contributed by atoms with Crippen molar-refractivity contribution in [2.75, 3.05) is 0 Å². The predicted octanol–water partition coefficient (Wildman–Crippen LogP) is 4.15. The smallest absolute Gasteiger partial charge is 0.408 e. The molecular weight excluding hydrogens is 386 g/mol. The van der Waals surface area contributed by atoms with Crippen LogP contribution in [-0.4, -0.2) is 17.2 Å². The van der Waals surface area contributed by atoms with Gasteiger partial charge in [-0.15, -0.1) is 0 Å². The summed E-state index contributed by atoms with van der Waals surface area (Å²) in [6, 6.07) is 12.5. The molecule has 0 radical (unpaired) electrons. The molecule has 120 valence electrons. The van der Waals surface area contributed by atoms with Crippen molar-refractivity contribution in [3.8, 4) is 0 Å². The second kappa shape index (κ2) is 7.99. The van der Waals surface area contributed by atoms with Crippen molar-refractivity contribution in [3.63, 3.8) is 0 Å². The lowest BCUT2D eigenvalue weighted by atomic mass is 10.1. The van der Waals surface area contributed by atoms with Crippen LogP contribution in [0.1, 0.15) is 17.2 Å². The molecule has 0 aliphatic carbocycles. The maximum atomic E-state index is 11.8. The maximum absolute atomic E-state index is 11.8. The van der Waals surface area contributed by atoms with E-state index in [0.717, 1.165) is 5.56 Å². The van der Waals surface area contributed by atoms with E-state index in [0.29, 0.717) is 4.47 Å². The molecule has 5 nitrogen and oxygen atoms in total. The molecule has 0 aliphatic rings. The van der Waals surface area contributed by atoms with Crippen molar-refractivity contribution in [1.29, 1.82) is 0 Å². The van der Waals surface area contributed by atoms with Gasteiger partial charge in [0.05, 0.1) is 0 Å². The van der Waals surface area contributed by atoms with Crippen LogP contribution in [-0.2, 0) is 16.1 Å². The zero-order valence-corrected chi connectivity index (χ0v) is 14.2. The topological polar surface area (TPSA) is 75.6 Å². The molecule has 0 aromatic heterocycles. The highest BCUT2D eigenvalue weighted by atomic mass is 79.9. The Hall–Kier alpha value is -2.05. The average molecular weight is 399 g/mol. The number of carboxylic acids is 1. The van der Waals surface area contributed by atoms with Crippen LogP contribution in [0.5, 0.6) is 0 Å². The largest absolute Gasteiger partial charge is 0.479 e. The van der Waals surface area contributed by atoms with E-state index in [1.807, 2.05) is 18.2 Å². The summed E-state index contributed by atoms with van der Waals surface area (Å²) in [4.78, 5) is 23.3. The minimum atomic E-state index is -1.30. The zero-order chi connectivity index (χ0) is 16.8. The Morgan fingerprint density at radius 2 is 1.91 bits per heavy atom. The van der Waals surface area contributed by atoms with E-state index in [-0.39, 0.29) is 17.2 Å². The number of benzene rings is 2. The van der Waals surface area contributed by atoms with Gasteiger partial charge in [0.15, 0.2) is 6.04 Å². The number of carbonyl (C=O) groups is 2. The highest BCUT2D eigenvalue weighted by Crippen LogP contribution is 2.27. The summed E-state index contributed by atoms with van der Waals surface area (Å²) in [5.74, 6) is -1.23. The first-order valence-corrected chi connectivity index (χ1v) is 7.79. The molecule has 1 amide bonds. The maximum Gasteiger partial charge on any atom is 0.408 e. The summed E-state index contributed by atoms with van der Waals surface area (Å²) in [6.07, 6.45) is -0.836. The van der Waals surface area contributed by atoms with E-state index in [4.69, 9.17) is 16.3 Å². The monoisotopic (exact) mass is 397 g/mol. The number of amides is 1. The third kappa shape index (κ3) is 4.97. The first-order valence-electron chi connectivity index (χ1n) is 6.62. The molecule has 23 heavy (non-hydrogen) atoms. The first-order chi connectivity index (χ1) is 11.0. The van der Waals surface area contributed by atoms with Gasteiger partial charge in [-0.3, -0.25) is 0 Å². The Labute approximate surface area is 146 Å². The minimum Gasteiger partial charge on any atom is -0.479 e. The minimum absolute atomic E-state index is 0.0469.